The largest absolute Gasteiger partial charge is 0.392 e. The predicted molar refractivity (Wildman–Crippen MR) is 115 cm³/mol. The summed E-state index contributed by atoms with van der Waals surface area (Å²) < 4.78 is 31.0. The van der Waals surface area contributed by atoms with Gasteiger partial charge in [0, 0.05) is 56.0 Å². The summed E-state index contributed by atoms with van der Waals surface area (Å²) in [7, 11) is 5.29. The highest BCUT2D eigenvalue weighted by atomic mass is 16.7. The van der Waals surface area contributed by atoms with Crippen LogP contribution in [0.15, 0.2) is 0 Å². The molecular formula is C25H37NO7. The lowest BCUT2D eigenvalue weighted by atomic mass is 9.41. The molecule has 5 aliphatic carbocycles. The quantitative estimate of drug-likeness (QED) is 0.642. The van der Waals surface area contributed by atoms with Crippen molar-refractivity contribution in [1.82, 2.24) is 4.90 Å². The van der Waals surface area contributed by atoms with Gasteiger partial charge in [0.15, 0.2) is 11.4 Å². The first kappa shape index (κ1) is 21.7. The van der Waals surface area contributed by atoms with Crippen molar-refractivity contribution in [3.8, 4) is 0 Å². The van der Waals surface area contributed by atoms with Crippen LogP contribution in [0.25, 0.3) is 0 Å². The zero-order chi connectivity index (χ0) is 23.0. The number of fused-ring (bicyclic) bond motifs is 1. The maximum atomic E-state index is 14.7. The van der Waals surface area contributed by atoms with E-state index in [0.29, 0.717) is 13.0 Å². The Morgan fingerprint density at radius 3 is 2.76 bits per heavy atom. The Morgan fingerprint density at radius 1 is 1.24 bits per heavy atom. The van der Waals surface area contributed by atoms with Gasteiger partial charge in [-0.2, -0.15) is 0 Å². The molecule has 8 nitrogen and oxygen atoms in total. The maximum absolute atomic E-state index is 14.7. The molecule has 5 saturated carbocycles. The van der Waals surface area contributed by atoms with Crippen LogP contribution in [-0.4, -0.2) is 99.7 Å². The average molecular weight is 464 g/mol. The molecule has 3 spiro atoms. The number of aliphatic hydroxyl groups excluding tert-OH is 1. The van der Waals surface area contributed by atoms with E-state index in [0.717, 1.165) is 32.4 Å². The van der Waals surface area contributed by atoms with Crippen molar-refractivity contribution >= 4 is 5.78 Å². The summed E-state index contributed by atoms with van der Waals surface area (Å²) >= 11 is 0. The van der Waals surface area contributed by atoms with Gasteiger partial charge in [-0.15, -0.1) is 0 Å². The number of likely N-dealkylation sites (N-methyl/N-ethyl adjacent to an activating group) is 1. The zero-order valence-electron chi connectivity index (χ0n) is 20.1. The van der Waals surface area contributed by atoms with Crippen LogP contribution in [-0.2, 0) is 28.5 Å². The minimum absolute atomic E-state index is 0.0663. The highest BCUT2D eigenvalue weighted by Gasteiger charge is 2.93. The minimum Gasteiger partial charge on any atom is -0.392 e. The number of carbonyl (C=O) groups is 1. The predicted octanol–water partition coefficient (Wildman–Crippen LogP) is 0.845. The molecular weight excluding hydrogens is 426 g/mol. The summed E-state index contributed by atoms with van der Waals surface area (Å²) in [6.07, 6.45) is 2.25. The highest BCUT2D eigenvalue weighted by Crippen LogP contribution is 2.82. The van der Waals surface area contributed by atoms with Gasteiger partial charge in [-0.1, -0.05) is 6.92 Å². The fourth-order valence-electron chi connectivity index (χ4n) is 11.2. The number of nitrogens with zero attached hydrogens (tertiary/aromatic N) is 1. The normalized spacial score (nSPS) is 60.3. The molecule has 8 heteroatoms. The van der Waals surface area contributed by atoms with Gasteiger partial charge in [-0.25, -0.2) is 0 Å². The molecule has 1 N–H and O–H groups in total. The fraction of sp³-hybridized carbons (Fsp3) is 0.960. The first-order valence-corrected chi connectivity index (χ1v) is 12.7. The molecule has 7 bridgehead atoms. The second-order valence-electron chi connectivity index (χ2n) is 11.9. The molecule has 0 aromatic heterocycles. The third-order valence-corrected chi connectivity index (χ3v) is 11.5. The molecule has 0 amide bonds. The van der Waals surface area contributed by atoms with E-state index in [4.69, 9.17) is 23.7 Å². The number of piperidine rings is 1. The summed E-state index contributed by atoms with van der Waals surface area (Å²) in [5.41, 5.74) is -2.34. The summed E-state index contributed by atoms with van der Waals surface area (Å²) in [6, 6.07) is -0.172. The summed E-state index contributed by atoms with van der Waals surface area (Å²) in [4.78, 5) is 17.2. The van der Waals surface area contributed by atoms with Crippen molar-refractivity contribution < 1.29 is 33.6 Å². The lowest BCUT2D eigenvalue weighted by Gasteiger charge is -2.69. The Bertz CT molecular complexity index is 885. The summed E-state index contributed by atoms with van der Waals surface area (Å²) in [6.45, 7) is 4.42. The van der Waals surface area contributed by atoms with E-state index in [1.807, 2.05) is 0 Å². The van der Waals surface area contributed by atoms with Gasteiger partial charge in [0.1, 0.15) is 12.9 Å². The van der Waals surface area contributed by atoms with E-state index in [2.05, 4.69) is 11.8 Å². The van der Waals surface area contributed by atoms with Crippen LogP contribution in [0.1, 0.15) is 32.6 Å². The van der Waals surface area contributed by atoms with E-state index >= 15 is 0 Å². The van der Waals surface area contributed by atoms with Crippen LogP contribution in [0, 0.1) is 34.0 Å². The van der Waals surface area contributed by atoms with E-state index in [-0.39, 0.29) is 60.1 Å². The Balaban J connectivity index is 1.53. The molecule has 184 valence electrons. The number of likely N-dealkylation sites (tertiary alicyclic amines) is 1. The van der Waals surface area contributed by atoms with Crippen molar-refractivity contribution in [2.24, 2.45) is 34.0 Å². The molecule has 2 saturated heterocycles. The molecule has 7 fully saturated rings. The number of hydrogen-bond acceptors (Lipinski definition) is 8. The van der Waals surface area contributed by atoms with Crippen LogP contribution in [0.2, 0.25) is 0 Å². The van der Waals surface area contributed by atoms with Gasteiger partial charge in [-0.3, -0.25) is 9.69 Å². The smallest absolute Gasteiger partial charge is 0.173 e. The highest BCUT2D eigenvalue weighted by molar-refractivity contribution is 5.98. The van der Waals surface area contributed by atoms with Crippen LogP contribution in [0.5, 0.6) is 0 Å². The van der Waals surface area contributed by atoms with Crippen LogP contribution < -0.4 is 0 Å². The number of rotatable bonds is 5. The zero-order valence-corrected chi connectivity index (χ0v) is 20.1. The number of carbonyl (C=O) groups excluding carboxylic acids is 1. The number of Topliss-reactive ketones (excluding diaryl/α,β-unsaturated/α-hetero) is 1. The monoisotopic (exact) mass is 463 g/mol. The summed E-state index contributed by atoms with van der Waals surface area (Å²) in [5, 5.41) is 12.0. The number of hydrogen-bond donors (Lipinski definition) is 1. The van der Waals surface area contributed by atoms with Crippen LogP contribution >= 0.6 is 0 Å². The second-order valence-corrected chi connectivity index (χ2v) is 11.9. The Kier molecular flexibility index (Phi) is 4.32. The molecule has 0 aromatic rings. The summed E-state index contributed by atoms with van der Waals surface area (Å²) in [5.74, 6) is 0.219. The molecule has 0 aromatic carbocycles. The van der Waals surface area contributed by atoms with Crippen molar-refractivity contribution in [3.63, 3.8) is 0 Å². The van der Waals surface area contributed by atoms with E-state index in [9.17, 15) is 9.90 Å². The van der Waals surface area contributed by atoms with E-state index in [1.165, 1.54) is 0 Å². The number of ketones is 1. The second kappa shape index (κ2) is 6.58. The van der Waals surface area contributed by atoms with Gasteiger partial charge >= 0.3 is 0 Å². The molecule has 7 aliphatic rings. The fourth-order valence-corrected chi connectivity index (χ4v) is 11.2. The Morgan fingerprint density at radius 2 is 2.06 bits per heavy atom. The van der Waals surface area contributed by atoms with Gasteiger partial charge in [0.2, 0.25) is 0 Å². The lowest BCUT2D eigenvalue weighted by molar-refractivity contribution is -0.281. The van der Waals surface area contributed by atoms with Crippen molar-refractivity contribution in [2.75, 3.05) is 47.8 Å². The van der Waals surface area contributed by atoms with E-state index < -0.39 is 22.5 Å². The molecule has 2 aliphatic heterocycles. The van der Waals surface area contributed by atoms with Gasteiger partial charge in [-0.05, 0) is 38.1 Å². The first-order valence-electron chi connectivity index (χ1n) is 12.7. The van der Waals surface area contributed by atoms with Gasteiger partial charge in [0.05, 0.1) is 31.0 Å². The molecule has 2 heterocycles. The van der Waals surface area contributed by atoms with Crippen LogP contribution in [0.3, 0.4) is 0 Å². The maximum Gasteiger partial charge on any atom is 0.173 e. The minimum atomic E-state index is -1.06. The first-order chi connectivity index (χ1) is 15.9. The third-order valence-electron chi connectivity index (χ3n) is 11.5. The van der Waals surface area contributed by atoms with Gasteiger partial charge < -0.3 is 28.8 Å². The molecule has 0 radical (unpaired) electrons. The number of ether oxygens (including phenoxy) is 5. The molecule has 7 rings (SSSR count). The molecule has 12 atom stereocenters. The number of methoxy groups -OCH3 is 3. The Labute approximate surface area is 195 Å². The standard InChI is InChI=1S/C25H37NO7/c1-5-26-10-22(11-29-2)7-6-16(27)24-15-8-13-14(30-3)9-23(15,19(13)31-4)21-25(20(24)26,33-12-32-21)18(28)17(22)24/h13-17,19-21,27H,5-12H2,1-4H3. The lowest BCUT2D eigenvalue weighted by Crippen LogP contribution is -2.79. The third kappa shape index (κ3) is 1.93. The Hall–Kier alpha value is -0.610. The van der Waals surface area contributed by atoms with Crippen molar-refractivity contribution in [2.45, 2.75) is 68.7 Å². The molecule has 12 unspecified atom stereocenters. The topological polar surface area (TPSA) is 86.7 Å². The van der Waals surface area contributed by atoms with Crippen LogP contribution in [0.4, 0.5) is 0 Å². The van der Waals surface area contributed by atoms with E-state index in [1.54, 1.807) is 21.3 Å². The number of aliphatic hydroxyl groups is 1. The van der Waals surface area contributed by atoms with Crippen molar-refractivity contribution in [1.29, 1.82) is 0 Å². The molecule has 33 heavy (non-hydrogen) atoms. The van der Waals surface area contributed by atoms with Crippen molar-refractivity contribution in [3.05, 3.63) is 0 Å². The SMILES string of the molecule is CCN1CC2(COC)CCC(O)C34C2C(=O)C2(OCOC2C25CC(OC)C(CC23)C5OC)C14. The average Bonchev–Trinajstić information content (AvgIpc) is 3.51. The van der Waals surface area contributed by atoms with Gasteiger partial charge in [0.25, 0.3) is 0 Å².